The Hall–Kier alpha value is -1.32. The smallest absolute Gasteiger partial charge is 0.266 e. The largest absolute Gasteiger partial charge is 0.452 e. The summed E-state index contributed by atoms with van der Waals surface area (Å²) in [4.78, 5) is 0.00736. The summed E-state index contributed by atoms with van der Waals surface area (Å²) in [5.74, 6) is 0.382. The SMILES string of the molecule is Cc1n[nH]c(C)c1NS(=O)(=O)c1cc(CN)oc1Br. The van der Waals surface area contributed by atoms with Gasteiger partial charge in [-0.05, 0) is 29.8 Å². The fraction of sp³-hybridized carbons (Fsp3) is 0.300. The van der Waals surface area contributed by atoms with Crippen LogP contribution in [0.15, 0.2) is 20.0 Å². The lowest BCUT2D eigenvalue weighted by Gasteiger charge is -2.06. The van der Waals surface area contributed by atoms with Gasteiger partial charge in [-0.25, -0.2) is 8.42 Å². The number of aromatic nitrogens is 2. The lowest BCUT2D eigenvalue weighted by molar-refractivity contribution is 0.484. The molecular weight excluding hydrogens is 336 g/mol. The van der Waals surface area contributed by atoms with Gasteiger partial charge >= 0.3 is 0 Å². The number of nitrogens with zero attached hydrogens (tertiary/aromatic N) is 1. The topological polar surface area (TPSA) is 114 Å². The number of hydrogen-bond donors (Lipinski definition) is 3. The van der Waals surface area contributed by atoms with Crippen molar-refractivity contribution in [2.45, 2.75) is 25.3 Å². The van der Waals surface area contributed by atoms with Gasteiger partial charge in [0.05, 0.1) is 23.6 Å². The molecule has 0 unspecified atom stereocenters. The molecule has 2 rings (SSSR count). The molecule has 0 aliphatic heterocycles. The summed E-state index contributed by atoms with van der Waals surface area (Å²) in [6, 6.07) is 1.39. The van der Waals surface area contributed by atoms with E-state index >= 15 is 0 Å². The van der Waals surface area contributed by atoms with E-state index in [2.05, 4.69) is 30.8 Å². The summed E-state index contributed by atoms with van der Waals surface area (Å²) in [5, 5.41) is 6.64. The van der Waals surface area contributed by atoms with Gasteiger partial charge in [0.1, 0.15) is 10.7 Å². The monoisotopic (exact) mass is 348 g/mol. The highest BCUT2D eigenvalue weighted by molar-refractivity contribution is 9.10. The van der Waals surface area contributed by atoms with Crippen molar-refractivity contribution in [3.63, 3.8) is 0 Å². The molecule has 0 saturated heterocycles. The van der Waals surface area contributed by atoms with Crippen molar-refractivity contribution in [2.24, 2.45) is 5.73 Å². The predicted molar refractivity (Wildman–Crippen MR) is 73.2 cm³/mol. The number of aromatic amines is 1. The normalized spacial score (nSPS) is 11.8. The van der Waals surface area contributed by atoms with Gasteiger partial charge in [0.2, 0.25) is 0 Å². The van der Waals surface area contributed by atoms with E-state index < -0.39 is 10.0 Å². The van der Waals surface area contributed by atoms with Crippen molar-refractivity contribution >= 4 is 31.6 Å². The quantitative estimate of drug-likeness (QED) is 0.776. The summed E-state index contributed by atoms with van der Waals surface area (Å²) >= 11 is 3.07. The Morgan fingerprint density at radius 1 is 1.53 bits per heavy atom. The minimum Gasteiger partial charge on any atom is -0.452 e. The Kier molecular flexibility index (Phi) is 3.70. The Bertz CT molecular complexity index is 685. The lowest BCUT2D eigenvalue weighted by atomic mass is 10.3. The second kappa shape index (κ2) is 4.99. The van der Waals surface area contributed by atoms with Crippen LogP contribution in [0.5, 0.6) is 0 Å². The Balaban J connectivity index is 2.40. The van der Waals surface area contributed by atoms with E-state index in [1.807, 2.05) is 0 Å². The molecule has 0 saturated carbocycles. The van der Waals surface area contributed by atoms with Crippen LogP contribution in [0, 0.1) is 13.8 Å². The van der Waals surface area contributed by atoms with E-state index in [0.717, 1.165) is 0 Å². The Morgan fingerprint density at radius 2 is 2.21 bits per heavy atom. The van der Waals surface area contributed by atoms with Crippen LogP contribution in [0.25, 0.3) is 0 Å². The molecule has 104 valence electrons. The first-order valence-corrected chi connectivity index (χ1v) is 7.65. The molecule has 0 amide bonds. The molecule has 0 aliphatic carbocycles. The van der Waals surface area contributed by atoms with Crippen LogP contribution < -0.4 is 10.5 Å². The van der Waals surface area contributed by atoms with E-state index in [1.165, 1.54) is 6.07 Å². The van der Waals surface area contributed by atoms with Gasteiger partial charge in [0.15, 0.2) is 4.67 Å². The number of anilines is 1. The molecule has 19 heavy (non-hydrogen) atoms. The molecule has 0 aliphatic rings. The standard InChI is InChI=1S/C10H13BrN4O3S/c1-5-9(6(2)14-13-5)15-19(16,17)8-3-7(4-12)18-10(8)11/h3,15H,4,12H2,1-2H3,(H,13,14). The zero-order chi connectivity index (χ0) is 14.2. The maximum atomic E-state index is 12.3. The predicted octanol–water partition coefficient (Wildman–Crippen LogP) is 1.64. The highest BCUT2D eigenvalue weighted by Gasteiger charge is 2.24. The lowest BCUT2D eigenvalue weighted by Crippen LogP contribution is -2.13. The zero-order valence-electron chi connectivity index (χ0n) is 10.3. The first-order chi connectivity index (χ1) is 8.85. The summed E-state index contributed by atoms with van der Waals surface area (Å²) in [6.07, 6.45) is 0. The van der Waals surface area contributed by atoms with Crippen LogP contribution in [0.1, 0.15) is 17.1 Å². The van der Waals surface area contributed by atoms with E-state index in [9.17, 15) is 8.42 Å². The fourth-order valence-electron chi connectivity index (χ4n) is 1.57. The number of nitrogens with two attached hydrogens (primary N) is 1. The fourth-order valence-corrected chi connectivity index (χ4v) is 3.75. The Labute approximate surface area is 118 Å². The molecule has 0 radical (unpaired) electrons. The molecule has 0 aromatic carbocycles. The maximum Gasteiger partial charge on any atom is 0.266 e. The summed E-state index contributed by atoms with van der Waals surface area (Å²) < 4.78 is 32.3. The van der Waals surface area contributed by atoms with Crippen molar-refractivity contribution < 1.29 is 12.8 Å². The van der Waals surface area contributed by atoms with Crippen molar-refractivity contribution in [2.75, 3.05) is 4.72 Å². The van der Waals surface area contributed by atoms with Gasteiger partial charge in [0, 0.05) is 6.07 Å². The highest BCUT2D eigenvalue weighted by atomic mass is 79.9. The maximum absolute atomic E-state index is 12.3. The third-order valence-corrected chi connectivity index (χ3v) is 4.77. The van der Waals surface area contributed by atoms with Gasteiger partial charge in [-0.2, -0.15) is 5.10 Å². The van der Waals surface area contributed by atoms with Gasteiger partial charge in [-0.3, -0.25) is 9.82 Å². The number of hydrogen-bond acceptors (Lipinski definition) is 5. The number of H-pyrrole nitrogens is 1. The van der Waals surface area contributed by atoms with E-state index in [-0.39, 0.29) is 16.1 Å². The number of aryl methyl sites for hydroxylation is 2. The van der Waals surface area contributed by atoms with Gasteiger partial charge in [-0.15, -0.1) is 0 Å². The molecule has 2 aromatic rings. The van der Waals surface area contributed by atoms with Gasteiger partial charge in [-0.1, -0.05) is 0 Å². The average molecular weight is 349 g/mol. The molecule has 4 N–H and O–H groups in total. The molecule has 7 nitrogen and oxygen atoms in total. The molecule has 0 bridgehead atoms. The van der Waals surface area contributed by atoms with E-state index in [0.29, 0.717) is 22.8 Å². The molecular formula is C10H13BrN4O3S. The third kappa shape index (κ3) is 2.67. The van der Waals surface area contributed by atoms with E-state index in [1.54, 1.807) is 13.8 Å². The number of nitrogens with one attached hydrogen (secondary N) is 2. The van der Waals surface area contributed by atoms with Crippen molar-refractivity contribution in [3.8, 4) is 0 Å². The summed E-state index contributed by atoms with van der Waals surface area (Å²) in [7, 11) is -3.75. The molecule has 0 spiro atoms. The first kappa shape index (κ1) is 14.1. The number of sulfonamides is 1. The Morgan fingerprint density at radius 3 is 2.68 bits per heavy atom. The molecule has 2 aromatic heterocycles. The average Bonchev–Trinajstić information content (AvgIpc) is 2.87. The van der Waals surface area contributed by atoms with Crippen LogP contribution in [0.3, 0.4) is 0 Å². The summed E-state index contributed by atoms with van der Waals surface area (Å²) in [6.45, 7) is 3.56. The molecule has 0 atom stereocenters. The zero-order valence-corrected chi connectivity index (χ0v) is 12.7. The molecule has 9 heteroatoms. The highest BCUT2D eigenvalue weighted by Crippen LogP contribution is 2.29. The van der Waals surface area contributed by atoms with E-state index in [4.69, 9.17) is 10.2 Å². The number of rotatable bonds is 4. The number of halogens is 1. The third-order valence-electron chi connectivity index (χ3n) is 2.56. The first-order valence-electron chi connectivity index (χ1n) is 5.38. The van der Waals surface area contributed by atoms with Crippen LogP contribution in [0.2, 0.25) is 0 Å². The van der Waals surface area contributed by atoms with Gasteiger partial charge < -0.3 is 10.2 Å². The van der Waals surface area contributed by atoms with Gasteiger partial charge in [0.25, 0.3) is 10.0 Å². The van der Waals surface area contributed by atoms with Crippen molar-refractivity contribution in [1.29, 1.82) is 0 Å². The van der Waals surface area contributed by atoms with Crippen molar-refractivity contribution in [1.82, 2.24) is 10.2 Å². The van der Waals surface area contributed by atoms with Crippen LogP contribution >= 0.6 is 15.9 Å². The minimum absolute atomic E-state index is 0.00736. The van der Waals surface area contributed by atoms with Crippen LogP contribution in [0.4, 0.5) is 5.69 Å². The summed E-state index contributed by atoms with van der Waals surface area (Å²) in [5.41, 5.74) is 7.06. The molecule has 2 heterocycles. The van der Waals surface area contributed by atoms with Crippen molar-refractivity contribution in [3.05, 3.63) is 27.9 Å². The number of furan rings is 1. The second-order valence-corrected chi connectivity index (χ2v) is 6.34. The second-order valence-electron chi connectivity index (χ2n) is 3.97. The van der Waals surface area contributed by atoms with Crippen LogP contribution in [-0.2, 0) is 16.6 Å². The molecule has 0 fully saturated rings. The van der Waals surface area contributed by atoms with Crippen LogP contribution in [-0.4, -0.2) is 18.6 Å². The minimum atomic E-state index is -3.75.